The van der Waals surface area contributed by atoms with E-state index in [9.17, 15) is 40.5 Å². The molecule has 0 aliphatic heterocycles. The van der Waals surface area contributed by atoms with Crippen LogP contribution in [0.3, 0.4) is 0 Å². The molecule has 0 bridgehead atoms. The van der Waals surface area contributed by atoms with Gasteiger partial charge in [0.25, 0.3) is 0 Å². The fourth-order valence-electron chi connectivity index (χ4n) is 8.40. The Bertz CT molecular complexity index is 884. The first-order valence-corrected chi connectivity index (χ1v) is 13.1. The lowest BCUT2D eigenvalue weighted by Crippen LogP contribution is -2.66. The predicted molar refractivity (Wildman–Crippen MR) is 128 cm³/mol. The van der Waals surface area contributed by atoms with Crippen LogP contribution >= 0.6 is 0 Å². The molecule has 0 spiro atoms. The molecule has 7 N–H and O–H groups in total. The van der Waals surface area contributed by atoms with Crippen molar-refractivity contribution >= 4 is 5.78 Å². The molecule has 35 heavy (non-hydrogen) atoms. The Hall–Kier alpha value is -0.870. The molecule has 4 aliphatic rings. The monoisotopic (exact) mass is 496 g/mol. The van der Waals surface area contributed by atoms with Crippen LogP contribution in [0.4, 0.5) is 0 Å². The smallest absolute Gasteiger partial charge is 0.159 e. The number of hydrogen-bond acceptors (Lipinski definition) is 8. The molecule has 8 heteroatoms. The first-order chi connectivity index (χ1) is 16.0. The minimum atomic E-state index is -1.64. The second-order valence-corrected chi connectivity index (χ2v) is 13.0. The van der Waals surface area contributed by atoms with Gasteiger partial charge < -0.3 is 35.7 Å². The summed E-state index contributed by atoms with van der Waals surface area (Å²) in [6, 6.07) is 0. The van der Waals surface area contributed by atoms with Crippen LogP contribution in [0.2, 0.25) is 0 Å². The SMILES string of the molecule is CC(C)C(O)CC(O)C(C)(O)C1CCC2(O)C3=CC(=O)C4CC(O)C(O)CC4(C)C3C(O)CC12C. The van der Waals surface area contributed by atoms with E-state index in [1.807, 2.05) is 27.7 Å². The quantitative estimate of drug-likeness (QED) is 0.293. The predicted octanol–water partition coefficient (Wildman–Crippen LogP) is 0.681. The van der Waals surface area contributed by atoms with E-state index in [0.717, 1.165) is 0 Å². The van der Waals surface area contributed by atoms with Crippen molar-refractivity contribution in [1.82, 2.24) is 0 Å². The third-order valence-electron chi connectivity index (χ3n) is 10.7. The zero-order chi connectivity index (χ0) is 26.3. The van der Waals surface area contributed by atoms with Gasteiger partial charge in [-0.3, -0.25) is 4.79 Å². The van der Waals surface area contributed by atoms with Crippen molar-refractivity contribution in [3.05, 3.63) is 11.6 Å². The van der Waals surface area contributed by atoms with Gasteiger partial charge in [-0.1, -0.05) is 27.7 Å². The molecule has 0 amide bonds. The molecular weight excluding hydrogens is 452 g/mol. The van der Waals surface area contributed by atoms with Crippen molar-refractivity contribution in [2.45, 2.75) is 115 Å². The van der Waals surface area contributed by atoms with Crippen LogP contribution in [0.25, 0.3) is 0 Å². The van der Waals surface area contributed by atoms with Gasteiger partial charge in [0, 0.05) is 23.7 Å². The minimum absolute atomic E-state index is 0.0119. The molecule has 0 radical (unpaired) electrons. The number of aliphatic hydroxyl groups is 7. The summed E-state index contributed by atoms with van der Waals surface area (Å²) in [6.45, 7) is 8.87. The average Bonchev–Trinajstić information content (AvgIpc) is 3.01. The molecule has 200 valence electrons. The Kier molecular flexibility index (Phi) is 6.66. The first-order valence-electron chi connectivity index (χ1n) is 13.1. The van der Waals surface area contributed by atoms with Gasteiger partial charge >= 0.3 is 0 Å². The summed E-state index contributed by atoms with van der Waals surface area (Å²) in [5, 5.41) is 77.3. The highest BCUT2D eigenvalue weighted by atomic mass is 16.3. The number of rotatable bonds is 5. The van der Waals surface area contributed by atoms with E-state index < -0.39 is 70.3 Å². The van der Waals surface area contributed by atoms with Gasteiger partial charge in [-0.25, -0.2) is 0 Å². The summed E-state index contributed by atoms with van der Waals surface area (Å²) in [4.78, 5) is 13.3. The lowest BCUT2D eigenvalue weighted by molar-refractivity contribution is -0.198. The first kappa shape index (κ1) is 27.2. The van der Waals surface area contributed by atoms with Crippen LogP contribution in [-0.4, -0.2) is 83.3 Å². The third-order valence-corrected chi connectivity index (χ3v) is 10.7. The van der Waals surface area contributed by atoms with E-state index in [1.54, 1.807) is 0 Å². The standard InChI is InChI=1S/C27H44O8/c1-13(2)16(28)10-22(33)26(5,34)21-6-7-27(35)15-9-17(29)14-8-18(30)19(31)11-24(14,3)23(15)20(32)12-25(21,27)4/h9,13-14,16,18-23,28,30-35H,6-8,10-12H2,1-5H3. The van der Waals surface area contributed by atoms with Crippen LogP contribution in [0.5, 0.6) is 0 Å². The summed E-state index contributed by atoms with van der Waals surface area (Å²) in [7, 11) is 0. The van der Waals surface area contributed by atoms with Crippen molar-refractivity contribution in [2.75, 3.05) is 0 Å². The molecule has 12 unspecified atom stereocenters. The highest BCUT2D eigenvalue weighted by molar-refractivity contribution is 5.95. The normalized spacial score (nSPS) is 48.9. The van der Waals surface area contributed by atoms with Gasteiger partial charge in [-0.2, -0.15) is 0 Å². The Morgan fingerprint density at radius 2 is 1.71 bits per heavy atom. The van der Waals surface area contributed by atoms with Crippen molar-refractivity contribution < 1.29 is 40.5 Å². The molecule has 0 aromatic rings. The summed E-state index contributed by atoms with van der Waals surface area (Å²) >= 11 is 0. The molecule has 4 rings (SSSR count). The number of aliphatic hydroxyl groups excluding tert-OH is 5. The Balaban J connectivity index is 1.72. The molecule has 4 aliphatic carbocycles. The second kappa shape index (κ2) is 8.58. The number of carbonyl (C=O) groups is 1. The molecule has 8 nitrogen and oxygen atoms in total. The number of hydrogen-bond donors (Lipinski definition) is 7. The molecule has 3 saturated carbocycles. The lowest BCUT2D eigenvalue weighted by atomic mass is 9.44. The number of ketones is 1. The minimum Gasteiger partial charge on any atom is -0.393 e. The van der Waals surface area contributed by atoms with E-state index >= 15 is 0 Å². The Labute approximate surface area is 207 Å². The summed E-state index contributed by atoms with van der Waals surface area (Å²) < 4.78 is 0. The van der Waals surface area contributed by atoms with E-state index in [2.05, 4.69) is 0 Å². The molecular formula is C27H44O8. The van der Waals surface area contributed by atoms with Gasteiger partial charge in [0.05, 0.1) is 41.7 Å². The van der Waals surface area contributed by atoms with Crippen LogP contribution in [0, 0.1) is 34.5 Å². The molecule has 12 atom stereocenters. The van der Waals surface area contributed by atoms with Gasteiger partial charge in [-0.05, 0) is 67.9 Å². The van der Waals surface area contributed by atoms with Gasteiger partial charge in [0.1, 0.15) is 0 Å². The summed E-state index contributed by atoms with van der Waals surface area (Å²) in [5.41, 5.74) is -4.53. The van der Waals surface area contributed by atoms with Gasteiger partial charge in [-0.15, -0.1) is 0 Å². The molecule has 0 heterocycles. The zero-order valence-electron chi connectivity index (χ0n) is 21.6. The fourth-order valence-corrected chi connectivity index (χ4v) is 8.40. The van der Waals surface area contributed by atoms with Crippen LogP contribution < -0.4 is 0 Å². The van der Waals surface area contributed by atoms with E-state index in [-0.39, 0.29) is 43.8 Å². The number of allylic oxidation sites excluding steroid dienone is 1. The van der Waals surface area contributed by atoms with Gasteiger partial charge in [0.2, 0.25) is 0 Å². The Morgan fingerprint density at radius 1 is 1.09 bits per heavy atom. The second-order valence-electron chi connectivity index (χ2n) is 13.0. The maximum atomic E-state index is 13.3. The van der Waals surface area contributed by atoms with Crippen LogP contribution in [0.15, 0.2) is 11.6 Å². The van der Waals surface area contributed by atoms with Crippen LogP contribution in [-0.2, 0) is 4.79 Å². The summed E-state index contributed by atoms with van der Waals surface area (Å²) in [6.07, 6.45) is -2.52. The Morgan fingerprint density at radius 3 is 2.31 bits per heavy atom. The number of fused-ring (bicyclic) bond motifs is 5. The van der Waals surface area contributed by atoms with Crippen molar-refractivity contribution in [3.8, 4) is 0 Å². The lowest BCUT2D eigenvalue weighted by Gasteiger charge is -2.62. The number of carbonyl (C=O) groups excluding carboxylic acids is 1. The van der Waals surface area contributed by atoms with Crippen molar-refractivity contribution in [2.24, 2.45) is 34.5 Å². The molecule has 0 aromatic carbocycles. The van der Waals surface area contributed by atoms with Crippen molar-refractivity contribution in [1.29, 1.82) is 0 Å². The van der Waals surface area contributed by atoms with E-state index in [0.29, 0.717) is 12.0 Å². The van der Waals surface area contributed by atoms with Gasteiger partial charge in [0.15, 0.2) is 5.78 Å². The maximum absolute atomic E-state index is 13.3. The highest BCUT2D eigenvalue weighted by Crippen LogP contribution is 2.68. The average molecular weight is 497 g/mol. The third kappa shape index (κ3) is 3.78. The zero-order valence-corrected chi connectivity index (χ0v) is 21.6. The van der Waals surface area contributed by atoms with E-state index in [1.165, 1.54) is 13.0 Å². The maximum Gasteiger partial charge on any atom is 0.159 e. The topological polar surface area (TPSA) is 159 Å². The summed E-state index contributed by atoms with van der Waals surface area (Å²) in [5.74, 6) is -2.03. The molecule has 0 saturated heterocycles. The van der Waals surface area contributed by atoms with E-state index in [4.69, 9.17) is 0 Å². The fraction of sp³-hybridized carbons (Fsp3) is 0.889. The van der Waals surface area contributed by atoms with Crippen LogP contribution in [0.1, 0.15) is 73.1 Å². The van der Waals surface area contributed by atoms with Crippen molar-refractivity contribution in [3.63, 3.8) is 0 Å². The largest absolute Gasteiger partial charge is 0.393 e. The molecule has 0 aromatic heterocycles. The molecule has 3 fully saturated rings. The highest BCUT2D eigenvalue weighted by Gasteiger charge is 2.71.